The highest BCUT2D eigenvalue weighted by atomic mass is 16.3. The molecule has 0 aliphatic heterocycles. The molecule has 20 heavy (non-hydrogen) atoms. The molecule has 0 saturated carbocycles. The van der Waals surface area contributed by atoms with E-state index in [0.29, 0.717) is 5.92 Å². The molecule has 1 N–H and O–H groups in total. The second-order valence-corrected chi connectivity index (χ2v) is 6.11. The van der Waals surface area contributed by atoms with Gasteiger partial charge in [0, 0.05) is 5.39 Å². The highest BCUT2D eigenvalue weighted by molar-refractivity contribution is 5.82. The summed E-state index contributed by atoms with van der Waals surface area (Å²) in [5, 5.41) is 4.74. The first-order valence-electron chi connectivity index (χ1n) is 7.83. The summed E-state index contributed by atoms with van der Waals surface area (Å²) in [4.78, 5) is 0. The quantitative estimate of drug-likeness (QED) is 0.781. The van der Waals surface area contributed by atoms with E-state index in [1.807, 2.05) is 0 Å². The van der Waals surface area contributed by atoms with Gasteiger partial charge in [-0.3, -0.25) is 0 Å². The Hall–Kier alpha value is -1.28. The van der Waals surface area contributed by atoms with E-state index in [2.05, 4.69) is 51.2 Å². The molecule has 2 heteroatoms. The molecule has 0 radical (unpaired) electrons. The van der Waals surface area contributed by atoms with Crippen LogP contribution in [0.5, 0.6) is 0 Å². The third-order valence-corrected chi connectivity index (χ3v) is 3.76. The van der Waals surface area contributed by atoms with Crippen LogP contribution in [0.4, 0.5) is 0 Å². The first-order valence-corrected chi connectivity index (χ1v) is 7.83. The van der Waals surface area contributed by atoms with E-state index in [-0.39, 0.29) is 0 Å². The summed E-state index contributed by atoms with van der Waals surface area (Å²) in [5.41, 5.74) is 3.73. The Bertz CT molecular complexity index is 554. The standard InChI is InChI=1S/C18H27NO/c1-5-6-7-15-8-9-17-16(10-15)14(4)18(20-17)12-19-11-13(2)3/h8-10,13,19H,5-7,11-12H2,1-4H3. The highest BCUT2D eigenvalue weighted by Gasteiger charge is 2.10. The molecular formula is C18H27NO. The largest absolute Gasteiger partial charge is 0.459 e. The van der Waals surface area contributed by atoms with Crippen molar-refractivity contribution < 1.29 is 4.42 Å². The van der Waals surface area contributed by atoms with Crippen LogP contribution in [0.2, 0.25) is 0 Å². The predicted molar refractivity (Wildman–Crippen MR) is 86.1 cm³/mol. The Morgan fingerprint density at radius 1 is 1.25 bits per heavy atom. The SMILES string of the molecule is CCCCc1ccc2oc(CNCC(C)C)c(C)c2c1. The molecule has 0 amide bonds. The Kier molecular flexibility index (Phi) is 5.24. The lowest BCUT2D eigenvalue weighted by atomic mass is 10.0. The van der Waals surface area contributed by atoms with E-state index in [9.17, 15) is 0 Å². The minimum Gasteiger partial charge on any atom is -0.459 e. The Labute approximate surface area is 122 Å². The molecule has 0 aliphatic rings. The molecule has 1 heterocycles. The Morgan fingerprint density at radius 2 is 2.05 bits per heavy atom. The minimum absolute atomic E-state index is 0.667. The number of aryl methyl sites for hydroxylation is 2. The van der Waals surface area contributed by atoms with Crippen LogP contribution in [0, 0.1) is 12.8 Å². The molecule has 0 aliphatic carbocycles. The van der Waals surface area contributed by atoms with Gasteiger partial charge in [0.15, 0.2) is 0 Å². The third kappa shape index (κ3) is 3.63. The van der Waals surface area contributed by atoms with E-state index < -0.39 is 0 Å². The van der Waals surface area contributed by atoms with Crippen LogP contribution in [-0.4, -0.2) is 6.54 Å². The predicted octanol–water partition coefficient (Wildman–Crippen LogP) is 4.83. The average molecular weight is 273 g/mol. The van der Waals surface area contributed by atoms with Crippen molar-refractivity contribution in [2.45, 2.75) is 53.5 Å². The summed E-state index contributed by atoms with van der Waals surface area (Å²) >= 11 is 0. The van der Waals surface area contributed by atoms with Crippen LogP contribution in [0.15, 0.2) is 22.6 Å². The lowest BCUT2D eigenvalue weighted by Gasteiger charge is -2.05. The zero-order chi connectivity index (χ0) is 14.5. The van der Waals surface area contributed by atoms with Gasteiger partial charge in [-0.1, -0.05) is 33.3 Å². The van der Waals surface area contributed by atoms with Gasteiger partial charge < -0.3 is 9.73 Å². The number of unbranched alkanes of at least 4 members (excludes halogenated alkanes) is 1. The topological polar surface area (TPSA) is 25.2 Å². The summed E-state index contributed by atoms with van der Waals surface area (Å²) in [5.74, 6) is 1.74. The van der Waals surface area contributed by atoms with Crippen LogP contribution in [0.25, 0.3) is 11.0 Å². The van der Waals surface area contributed by atoms with Crippen LogP contribution >= 0.6 is 0 Å². The number of benzene rings is 1. The lowest BCUT2D eigenvalue weighted by molar-refractivity contribution is 0.482. The van der Waals surface area contributed by atoms with Gasteiger partial charge in [-0.05, 0) is 55.5 Å². The zero-order valence-electron chi connectivity index (χ0n) is 13.3. The summed E-state index contributed by atoms with van der Waals surface area (Å²) in [6.07, 6.45) is 3.66. The molecule has 2 aromatic rings. The maximum absolute atomic E-state index is 5.98. The molecule has 0 saturated heterocycles. The molecular weight excluding hydrogens is 246 g/mol. The number of furan rings is 1. The molecule has 1 aromatic carbocycles. The van der Waals surface area contributed by atoms with Gasteiger partial charge in [0.2, 0.25) is 0 Å². The van der Waals surface area contributed by atoms with Crippen LogP contribution in [0.3, 0.4) is 0 Å². The normalized spacial score (nSPS) is 11.7. The van der Waals surface area contributed by atoms with Crippen LogP contribution < -0.4 is 5.32 Å². The number of rotatable bonds is 7. The van der Waals surface area contributed by atoms with Crippen molar-refractivity contribution in [2.24, 2.45) is 5.92 Å². The molecule has 2 nitrogen and oxygen atoms in total. The van der Waals surface area contributed by atoms with Gasteiger partial charge in [-0.15, -0.1) is 0 Å². The molecule has 0 fully saturated rings. The van der Waals surface area contributed by atoms with Crippen molar-refractivity contribution in [1.82, 2.24) is 5.32 Å². The maximum atomic E-state index is 5.98. The monoisotopic (exact) mass is 273 g/mol. The summed E-state index contributed by atoms with van der Waals surface area (Å²) < 4.78 is 5.98. The first-order chi connectivity index (χ1) is 9.61. The fourth-order valence-electron chi connectivity index (χ4n) is 2.50. The van der Waals surface area contributed by atoms with Crippen molar-refractivity contribution in [3.05, 3.63) is 35.1 Å². The van der Waals surface area contributed by atoms with Gasteiger partial charge in [0.05, 0.1) is 6.54 Å². The van der Waals surface area contributed by atoms with Crippen molar-refractivity contribution >= 4 is 11.0 Å². The van der Waals surface area contributed by atoms with Crippen LogP contribution in [0.1, 0.15) is 50.5 Å². The van der Waals surface area contributed by atoms with Gasteiger partial charge in [-0.2, -0.15) is 0 Å². The van der Waals surface area contributed by atoms with Gasteiger partial charge in [0.1, 0.15) is 11.3 Å². The highest BCUT2D eigenvalue weighted by Crippen LogP contribution is 2.26. The molecule has 0 bridgehead atoms. The van der Waals surface area contributed by atoms with E-state index in [1.165, 1.54) is 29.4 Å². The molecule has 2 rings (SSSR count). The zero-order valence-corrected chi connectivity index (χ0v) is 13.3. The number of nitrogens with one attached hydrogen (secondary N) is 1. The molecule has 0 unspecified atom stereocenters. The summed E-state index contributed by atoms with van der Waals surface area (Å²) in [6, 6.07) is 6.63. The van der Waals surface area contributed by atoms with Gasteiger partial charge in [0.25, 0.3) is 0 Å². The second-order valence-electron chi connectivity index (χ2n) is 6.11. The average Bonchev–Trinajstić information content (AvgIpc) is 2.73. The van der Waals surface area contributed by atoms with Crippen molar-refractivity contribution in [2.75, 3.05) is 6.54 Å². The summed E-state index contributed by atoms with van der Waals surface area (Å²) in [6.45, 7) is 10.7. The maximum Gasteiger partial charge on any atom is 0.134 e. The van der Waals surface area contributed by atoms with Crippen molar-refractivity contribution in [3.8, 4) is 0 Å². The van der Waals surface area contributed by atoms with E-state index in [1.54, 1.807) is 0 Å². The van der Waals surface area contributed by atoms with E-state index in [0.717, 1.165) is 30.9 Å². The number of fused-ring (bicyclic) bond motifs is 1. The third-order valence-electron chi connectivity index (χ3n) is 3.76. The van der Waals surface area contributed by atoms with Crippen LogP contribution in [-0.2, 0) is 13.0 Å². The smallest absolute Gasteiger partial charge is 0.134 e. The molecule has 0 atom stereocenters. The fraction of sp³-hybridized carbons (Fsp3) is 0.556. The van der Waals surface area contributed by atoms with E-state index in [4.69, 9.17) is 4.42 Å². The Morgan fingerprint density at radius 3 is 2.75 bits per heavy atom. The van der Waals surface area contributed by atoms with Crippen molar-refractivity contribution in [3.63, 3.8) is 0 Å². The second kappa shape index (κ2) is 6.94. The molecule has 1 aromatic heterocycles. The number of hydrogen-bond donors (Lipinski definition) is 1. The summed E-state index contributed by atoms with van der Waals surface area (Å²) in [7, 11) is 0. The van der Waals surface area contributed by atoms with Gasteiger partial charge >= 0.3 is 0 Å². The fourth-order valence-corrected chi connectivity index (χ4v) is 2.50. The Balaban J connectivity index is 2.15. The first kappa shape index (κ1) is 15.1. The van der Waals surface area contributed by atoms with Gasteiger partial charge in [-0.25, -0.2) is 0 Å². The number of hydrogen-bond acceptors (Lipinski definition) is 2. The van der Waals surface area contributed by atoms with Crippen molar-refractivity contribution in [1.29, 1.82) is 0 Å². The lowest BCUT2D eigenvalue weighted by Crippen LogP contribution is -2.18. The van der Waals surface area contributed by atoms with E-state index >= 15 is 0 Å². The molecule has 110 valence electrons. The minimum atomic E-state index is 0.667. The molecule has 0 spiro atoms.